The molecule has 0 saturated heterocycles. The summed E-state index contributed by atoms with van der Waals surface area (Å²) in [6, 6.07) is 4.54. The number of aromatic nitrogens is 4. The highest BCUT2D eigenvalue weighted by atomic mass is 35.5. The maximum absolute atomic E-state index is 13.3. The van der Waals surface area contributed by atoms with Gasteiger partial charge in [-0.05, 0) is 24.6 Å². The molecular formula is C23H26B3ClF3N5O3. The lowest BCUT2D eigenvalue weighted by Gasteiger charge is -2.25. The van der Waals surface area contributed by atoms with Crippen molar-refractivity contribution in [2.75, 3.05) is 19.0 Å². The minimum atomic E-state index is -4.75. The Bertz CT molecular complexity index is 1210. The van der Waals surface area contributed by atoms with Gasteiger partial charge in [0.2, 0.25) is 5.28 Å². The molecule has 1 atom stereocenters. The molecule has 2 N–H and O–H groups in total. The van der Waals surface area contributed by atoms with Gasteiger partial charge >= 0.3 is 6.18 Å². The molecule has 6 radical (unpaired) electrons. The number of hydrogen-bond donors (Lipinski definition) is 2. The van der Waals surface area contributed by atoms with Crippen LogP contribution in [-0.4, -0.2) is 68.0 Å². The van der Waals surface area contributed by atoms with Crippen molar-refractivity contribution in [1.82, 2.24) is 19.5 Å². The highest BCUT2D eigenvalue weighted by Gasteiger charge is 2.36. The molecule has 3 aromatic rings. The molecule has 2 aromatic heterocycles. The van der Waals surface area contributed by atoms with E-state index >= 15 is 0 Å². The van der Waals surface area contributed by atoms with Crippen molar-refractivity contribution in [2.45, 2.75) is 51.3 Å². The van der Waals surface area contributed by atoms with Crippen molar-refractivity contribution in [2.24, 2.45) is 0 Å². The lowest BCUT2D eigenvalue weighted by molar-refractivity contribution is -0.140. The zero-order valence-electron chi connectivity index (χ0n) is 21.4. The van der Waals surface area contributed by atoms with Crippen LogP contribution in [-0.2, 0) is 18.0 Å². The fraction of sp³-hybridized carbons (Fsp3) is 0.435. The minimum absolute atomic E-state index is 0.00448. The first-order valence-corrected chi connectivity index (χ1v) is 11.9. The van der Waals surface area contributed by atoms with E-state index in [-0.39, 0.29) is 35.6 Å². The Labute approximate surface area is 228 Å². The van der Waals surface area contributed by atoms with E-state index in [0.717, 1.165) is 4.57 Å². The quantitative estimate of drug-likeness (QED) is 0.312. The summed E-state index contributed by atoms with van der Waals surface area (Å²) in [5.41, 5.74) is -0.458. The number of nitrogens with one attached hydrogen (secondary N) is 1. The highest BCUT2D eigenvalue weighted by molar-refractivity contribution is 6.56. The molecule has 3 rings (SSSR count). The SMILES string of the molecule is CCC.[B]C([B])([B])n1cc(C(F)(F)F)nc1-c1ccc(CNc2nc(Cl)ncc2OC)c(OC(C)CO)c1. The maximum atomic E-state index is 13.3. The van der Waals surface area contributed by atoms with Crippen LogP contribution in [0.25, 0.3) is 11.4 Å². The fourth-order valence-electron chi connectivity index (χ4n) is 3.02. The number of anilines is 1. The molecule has 0 bridgehead atoms. The average Bonchev–Trinajstić information content (AvgIpc) is 3.31. The lowest BCUT2D eigenvalue weighted by atomic mass is 9.49. The van der Waals surface area contributed by atoms with Gasteiger partial charge in [-0.3, -0.25) is 0 Å². The normalized spacial score (nSPS) is 12.3. The minimum Gasteiger partial charge on any atom is -0.491 e. The van der Waals surface area contributed by atoms with Crippen LogP contribution in [0.2, 0.25) is 5.28 Å². The van der Waals surface area contributed by atoms with Crippen LogP contribution in [0.5, 0.6) is 11.5 Å². The summed E-state index contributed by atoms with van der Waals surface area (Å²) in [5.74, 6) is 0.664. The predicted octanol–water partition coefficient (Wildman–Crippen LogP) is 3.88. The first kappa shape index (κ1) is 31.4. The van der Waals surface area contributed by atoms with Crippen molar-refractivity contribution in [3.05, 3.63) is 47.1 Å². The van der Waals surface area contributed by atoms with Crippen LogP contribution in [0, 0.1) is 0 Å². The Hall–Kier alpha value is -2.86. The number of halogens is 4. The first-order valence-electron chi connectivity index (χ1n) is 11.5. The zero-order chi connectivity index (χ0) is 28.7. The third-order valence-electron chi connectivity index (χ3n) is 4.72. The van der Waals surface area contributed by atoms with Gasteiger partial charge in [0.25, 0.3) is 0 Å². The molecule has 0 aliphatic heterocycles. The van der Waals surface area contributed by atoms with Crippen LogP contribution < -0.4 is 14.8 Å². The monoisotopic (exact) mass is 545 g/mol. The van der Waals surface area contributed by atoms with Crippen molar-refractivity contribution in [3.8, 4) is 22.9 Å². The molecule has 8 nitrogen and oxygen atoms in total. The molecular weight excluding hydrogens is 519 g/mol. The third kappa shape index (κ3) is 8.32. The van der Waals surface area contributed by atoms with E-state index in [0.29, 0.717) is 23.3 Å². The smallest absolute Gasteiger partial charge is 0.434 e. The summed E-state index contributed by atoms with van der Waals surface area (Å²) in [4.78, 5) is 11.6. The number of ether oxygens (including phenoxy) is 2. The summed E-state index contributed by atoms with van der Waals surface area (Å²) in [7, 11) is 18.5. The second-order valence-corrected chi connectivity index (χ2v) is 8.59. The highest BCUT2D eigenvalue weighted by Crippen LogP contribution is 2.35. The number of alkyl halides is 3. The largest absolute Gasteiger partial charge is 0.491 e. The molecule has 1 unspecified atom stereocenters. The zero-order valence-corrected chi connectivity index (χ0v) is 22.1. The van der Waals surface area contributed by atoms with E-state index in [1.807, 2.05) is 0 Å². The Morgan fingerprint density at radius 1 is 1.16 bits per heavy atom. The Balaban J connectivity index is 0.00000161. The molecule has 0 aliphatic rings. The molecule has 0 amide bonds. The topological polar surface area (TPSA) is 94.3 Å². The Kier molecular flexibility index (Phi) is 11.0. The lowest BCUT2D eigenvalue weighted by Crippen LogP contribution is -2.35. The number of nitrogens with zero attached hydrogens (tertiary/aromatic N) is 4. The van der Waals surface area contributed by atoms with E-state index in [2.05, 4.69) is 34.1 Å². The van der Waals surface area contributed by atoms with Gasteiger partial charge in [-0.15, -0.1) is 0 Å². The van der Waals surface area contributed by atoms with E-state index in [1.54, 1.807) is 13.0 Å². The predicted molar refractivity (Wildman–Crippen MR) is 142 cm³/mol. The van der Waals surface area contributed by atoms with Crippen molar-refractivity contribution < 1.29 is 27.8 Å². The number of hydrogen-bond acceptors (Lipinski definition) is 7. The Morgan fingerprint density at radius 3 is 2.37 bits per heavy atom. The van der Waals surface area contributed by atoms with Crippen molar-refractivity contribution in [1.29, 1.82) is 0 Å². The number of methoxy groups -OCH3 is 1. The molecule has 38 heavy (non-hydrogen) atoms. The van der Waals surface area contributed by atoms with E-state index in [4.69, 9.17) is 44.6 Å². The maximum Gasteiger partial charge on any atom is 0.434 e. The fourth-order valence-corrected chi connectivity index (χ4v) is 3.16. The second-order valence-electron chi connectivity index (χ2n) is 8.26. The molecule has 1 aromatic carbocycles. The van der Waals surface area contributed by atoms with E-state index in [1.165, 1.54) is 31.9 Å². The third-order valence-corrected chi connectivity index (χ3v) is 4.90. The number of benzene rings is 1. The average molecular weight is 545 g/mol. The van der Waals surface area contributed by atoms with Crippen LogP contribution >= 0.6 is 11.6 Å². The summed E-state index contributed by atoms with van der Waals surface area (Å²) >= 11 is 5.86. The van der Waals surface area contributed by atoms with Crippen LogP contribution in [0.4, 0.5) is 19.0 Å². The molecule has 0 fully saturated rings. The molecule has 0 saturated carbocycles. The second kappa shape index (κ2) is 13.3. The molecule has 2 heterocycles. The van der Waals surface area contributed by atoms with Crippen LogP contribution in [0.1, 0.15) is 38.4 Å². The van der Waals surface area contributed by atoms with Gasteiger partial charge in [-0.2, -0.15) is 18.2 Å². The Morgan fingerprint density at radius 2 is 1.82 bits per heavy atom. The van der Waals surface area contributed by atoms with Crippen LogP contribution in [0.3, 0.4) is 0 Å². The summed E-state index contributed by atoms with van der Waals surface area (Å²) in [6.07, 6.45) is -2.11. The van der Waals surface area contributed by atoms with E-state index in [9.17, 15) is 18.3 Å². The molecule has 198 valence electrons. The van der Waals surface area contributed by atoms with Crippen LogP contribution in [0.15, 0.2) is 30.6 Å². The van der Waals surface area contributed by atoms with Gasteiger partial charge < -0.3 is 24.5 Å². The van der Waals surface area contributed by atoms with Crippen molar-refractivity contribution >= 4 is 41.0 Å². The summed E-state index contributed by atoms with van der Waals surface area (Å²) in [5, 5.41) is 10.3. The number of imidazole rings is 1. The van der Waals surface area contributed by atoms with Crippen molar-refractivity contribution in [3.63, 3.8) is 0 Å². The van der Waals surface area contributed by atoms with Gasteiger partial charge in [0, 0.05) is 23.9 Å². The number of aliphatic hydroxyl groups is 1. The van der Waals surface area contributed by atoms with Gasteiger partial charge in [-0.25, -0.2) is 9.97 Å². The number of rotatable bonds is 9. The van der Waals surface area contributed by atoms with Gasteiger partial charge in [-0.1, -0.05) is 37.6 Å². The molecule has 0 aliphatic carbocycles. The van der Waals surface area contributed by atoms with E-state index < -0.39 is 23.2 Å². The molecule has 0 spiro atoms. The molecule has 15 heteroatoms. The first-order chi connectivity index (χ1) is 17.7. The van der Waals surface area contributed by atoms with Gasteiger partial charge in [0.1, 0.15) is 17.7 Å². The summed E-state index contributed by atoms with van der Waals surface area (Å²) < 4.78 is 51.7. The number of aliphatic hydroxyl groups excluding tert-OH is 1. The standard InChI is InChI=1S/C20H18B3ClF3N5O3.C3H8/c1-10(9-33)35-13-5-11(17-30-15(19(25,26)27)8-32(17)20(21,22)23)3-4-12(13)6-28-16-14(34-2)7-29-18(24)31-16;1-3-2/h3-5,7-8,10,33H,6,9H2,1-2H3,(H,28,29,31);3H2,1-2H3. The van der Waals surface area contributed by atoms with Gasteiger partial charge in [0.05, 0.1) is 43.5 Å². The summed E-state index contributed by atoms with van der Waals surface area (Å²) in [6.45, 7) is 5.70. The van der Waals surface area contributed by atoms with Gasteiger partial charge in [0.15, 0.2) is 17.3 Å².